The lowest BCUT2D eigenvalue weighted by Gasteiger charge is -2.34. The van der Waals surface area contributed by atoms with Crippen LogP contribution in [-0.4, -0.2) is 116 Å². The van der Waals surface area contributed by atoms with Crippen molar-refractivity contribution in [3.05, 3.63) is 40.7 Å². The Morgan fingerprint density at radius 1 is 1.07 bits per heavy atom. The van der Waals surface area contributed by atoms with E-state index in [2.05, 4.69) is 27.2 Å². The van der Waals surface area contributed by atoms with Gasteiger partial charge in [-0.05, 0) is 44.2 Å². The number of aliphatic hydroxyl groups excluding tert-OH is 5. The third kappa shape index (κ3) is 12.5. The Hall–Kier alpha value is -3.31. The number of hydrogen-bond donors (Lipinski definition) is 9. The number of aryl methyl sites for hydroxylation is 1. The van der Waals surface area contributed by atoms with Crippen LogP contribution in [0.5, 0.6) is 5.75 Å². The molecule has 0 aliphatic heterocycles. The van der Waals surface area contributed by atoms with E-state index in [0.29, 0.717) is 32.5 Å². The molecule has 0 fully saturated rings. The van der Waals surface area contributed by atoms with Crippen LogP contribution in [0.1, 0.15) is 62.0 Å². The lowest BCUT2D eigenvalue weighted by Crippen LogP contribution is -2.51. The number of nitrogens with zero attached hydrogens (tertiary/aromatic N) is 4. The van der Waals surface area contributed by atoms with Gasteiger partial charge < -0.3 is 47.5 Å². The van der Waals surface area contributed by atoms with Crippen molar-refractivity contribution in [3.63, 3.8) is 0 Å². The highest BCUT2D eigenvalue weighted by Crippen LogP contribution is 2.21. The molecule has 2 aromatic rings. The lowest BCUT2D eigenvalue weighted by molar-refractivity contribution is -0.121. The van der Waals surface area contributed by atoms with Crippen molar-refractivity contribution in [1.29, 1.82) is 0 Å². The number of halogens is 1. The first kappa shape index (κ1) is 38.9. The number of hydrogen-bond acceptors (Lipinski definition) is 13. The zero-order chi connectivity index (χ0) is 34.2. The number of carbonyl (C=O) groups is 1. The van der Waals surface area contributed by atoms with Crippen LogP contribution in [0.3, 0.4) is 0 Å². The van der Waals surface area contributed by atoms with Crippen LogP contribution in [-0.2, 0) is 6.42 Å². The smallest absolute Gasteiger partial charge is 0.280 e. The maximum absolute atomic E-state index is 12.4. The number of guanidine groups is 1. The predicted molar refractivity (Wildman–Crippen MR) is 176 cm³/mol. The number of aliphatic hydroxyl groups is 5. The molecule has 12 N–H and O–H groups in total. The largest absolute Gasteiger partial charge is 0.492 e. The van der Waals surface area contributed by atoms with Gasteiger partial charge in [0, 0.05) is 25.7 Å². The number of benzene rings is 1. The third-order valence-electron chi connectivity index (χ3n) is 7.45. The van der Waals surface area contributed by atoms with E-state index in [9.17, 15) is 25.2 Å². The number of carbonyl (C=O) groups excluding carboxylic acids is 1. The molecule has 1 aromatic heterocycles. The fourth-order valence-electron chi connectivity index (χ4n) is 4.66. The van der Waals surface area contributed by atoms with E-state index in [1.54, 1.807) is 0 Å². The maximum atomic E-state index is 12.4. The molecule has 0 spiro atoms. The van der Waals surface area contributed by atoms with Crippen molar-refractivity contribution in [3.8, 4) is 5.75 Å². The van der Waals surface area contributed by atoms with Crippen LogP contribution in [0.25, 0.3) is 0 Å². The highest BCUT2D eigenvalue weighted by atomic mass is 35.5. The predicted octanol–water partition coefficient (Wildman–Crippen LogP) is 0.0572. The normalized spacial score (nSPS) is 15.3. The van der Waals surface area contributed by atoms with Crippen LogP contribution < -0.4 is 27.3 Å². The van der Waals surface area contributed by atoms with E-state index >= 15 is 0 Å². The van der Waals surface area contributed by atoms with Crippen molar-refractivity contribution < 1.29 is 35.1 Å². The molecular weight excluding hydrogens is 620 g/mol. The number of aliphatic imine (C=N–C) groups is 1. The summed E-state index contributed by atoms with van der Waals surface area (Å²) in [6.45, 7) is 4.55. The minimum Gasteiger partial charge on any atom is -0.492 e. The van der Waals surface area contributed by atoms with Gasteiger partial charge in [-0.2, -0.15) is 0 Å². The Bertz CT molecular complexity index is 1260. The van der Waals surface area contributed by atoms with Crippen molar-refractivity contribution in [2.75, 3.05) is 44.3 Å². The molecule has 1 amide bonds. The minimum atomic E-state index is -1.68. The highest BCUT2D eigenvalue weighted by Gasteiger charge is 2.32. The Morgan fingerprint density at radius 2 is 1.76 bits per heavy atom. The minimum absolute atomic E-state index is 0.0465. The molecule has 0 aliphatic rings. The van der Waals surface area contributed by atoms with Crippen LogP contribution >= 0.6 is 11.6 Å². The molecule has 2 rings (SSSR count). The molecule has 15 nitrogen and oxygen atoms in total. The number of nitrogens with one attached hydrogen (secondary N) is 1. The van der Waals surface area contributed by atoms with Gasteiger partial charge in [0.15, 0.2) is 28.4 Å². The molecule has 258 valence electrons. The van der Waals surface area contributed by atoms with Gasteiger partial charge in [0.2, 0.25) is 0 Å². The Morgan fingerprint density at radius 3 is 2.46 bits per heavy atom. The van der Waals surface area contributed by atoms with Crippen molar-refractivity contribution in [2.45, 2.75) is 82.8 Å². The molecule has 46 heavy (non-hydrogen) atoms. The second kappa shape index (κ2) is 20.0. The molecule has 0 saturated carbocycles. The zero-order valence-corrected chi connectivity index (χ0v) is 27.2. The summed E-state index contributed by atoms with van der Waals surface area (Å²) in [6.07, 6.45) is -1.20. The number of rotatable bonds is 20. The standard InChI is InChI=1S/C30H49ClN8O7/c1-3-4-9-18(2)39(16-20(41)24(43)25(44)21(42)17-40)14-15-46-22-12-6-5-10-19(22)11-7-8-13-35-30(34)38-29(45)23-27(32)37-28(33)26(31)36-23/h5-6,10,12,18,20-21,24-25,40-44H,3-4,7-9,11,13-17H2,1-2H3,(H4,32,33,37)(H3,34,35,38,45)/t18?,20-,21+,24+,25+/m0/s1. The summed E-state index contributed by atoms with van der Waals surface area (Å²) in [7, 11) is 0. The van der Waals surface area contributed by atoms with E-state index in [0.717, 1.165) is 37.0 Å². The third-order valence-corrected chi connectivity index (χ3v) is 7.73. The van der Waals surface area contributed by atoms with E-state index in [4.69, 9.17) is 38.6 Å². The molecule has 16 heteroatoms. The Labute approximate surface area is 274 Å². The number of para-hydroxylation sites is 1. The lowest BCUT2D eigenvalue weighted by atomic mass is 10.0. The van der Waals surface area contributed by atoms with Crippen LogP contribution in [0, 0.1) is 0 Å². The summed E-state index contributed by atoms with van der Waals surface area (Å²) in [5.41, 5.74) is 17.9. The van der Waals surface area contributed by atoms with Gasteiger partial charge in [-0.25, -0.2) is 9.97 Å². The number of nitrogens with two attached hydrogens (primary N) is 3. The molecule has 1 unspecified atom stereocenters. The fourth-order valence-corrected chi connectivity index (χ4v) is 4.79. The number of nitrogen functional groups attached to an aromatic ring is 2. The molecule has 0 aliphatic carbocycles. The van der Waals surface area contributed by atoms with E-state index in [1.807, 2.05) is 36.1 Å². The molecule has 0 bridgehead atoms. The first-order valence-corrected chi connectivity index (χ1v) is 15.7. The SMILES string of the molecule is CCCCC(C)N(CCOc1ccccc1CCCCN=C(N)NC(=O)c1nc(Cl)c(N)nc1N)C[C@H](O)[C@@H](O)[C@H](O)[C@H](O)CO. The van der Waals surface area contributed by atoms with Gasteiger partial charge in [0.25, 0.3) is 5.91 Å². The summed E-state index contributed by atoms with van der Waals surface area (Å²) >= 11 is 5.82. The summed E-state index contributed by atoms with van der Waals surface area (Å²) in [6, 6.07) is 7.73. The number of unbranched alkanes of at least 4 members (excludes halogenated alkanes) is 2. The van der Waals surface area contributed by atoms with Gasteiger partial charge >= 0.3 is 0 Å². The maximum Gasteiger partial charge on any atom is 0.280 e. The topological polar surface area (TPSA) is 259 Å². The summed E-state index contributed by atoms with van der Waals surface area (Å²) in [4.78, 5) is 26.1. The number of aromatic nitrogens is 2. The summed E-state index contributed by atoms with van der Waals surface area (Å²) < 4.78 is 6.13. The summed E-state index contributed by atoms with van der Waals surface area (Å²) in [5, 5.41) is 51.9. The average Bonchev–Trinajstić information content (AvgIpc) is 3.03. The van der Waals surface area contributed by atoms with Crippen molar-refractivity contribution in [1.82, 2.24) is 20.2 Å². The van der Waals surface area contributed by atoms with Crippen LogP contribution in [0.15, 0.2) is 29.3 Å². The van der Waals surface area contributed by atoms with Crippen LogP contribution in [0.2, 0.25) is 5.15 Å². The molecular formula is C30H49ClN8O7. The number of amides is 1. The van der Waals surface area contributed by atoms with Gasteiger partial charge in [-0.15, -0.1) is 0 Å². The first-order chi connectivity index (χ1) is 21.9. The van der Waals surface area contributed by atoms with E-state index in [1.165, 1.54) is 0 Å². The second-order valence-corrected chi connectivity index (χ2v) is 11.4. The van der Waals surface area contributed by atoms with E-state index in [-0.39, 0.29) is 41.0 Å². The molecule has 1 heterocycles. The quantitative estimate of drug-likeness (QED) is 0.0514. The van der Waals surface area contributed by atoms with Gasteiger partial charge in [0.05, 0.1) is 12.7 Å². The zero-order valence-electron chi connectivity index (χ0n) is 26.4. The number of ether oxygens (including phenoxy) is 1. The average molecular weight is 669 g/mol. The van der Waals surface area contributed by atoms with Crippen LogP contribution in [0.4, 0.5) is 11.6 Å². The van der Waals surface area contributed by atoms with Gasteiger partial charge in [-0.3, -0.25) is 20.0 Å². The Kier molecular flexibility index (Phi) is 16.9. The van der Waals surface area contributed by atoms with Crippen molar-refractivity contribution in [2.24, 2.45) is 10.7 Å². The molecule has 0 saturated heterocycles. The first-order valence-electron chi connectivity index (χ1n) is 15.4. The molecule has 0 radical (unpaired) electrons. The van der Waals surface area contributed by atoms with Crippen molar-refractivity contribution >= 4 is 35.1 Å². The summed E-state index contributed by atoms with van der Waals surface area (Å²) in [5.74, 6) is -0.354. The fraction of sp³-hybridized carbons (Fsp3) is 0.600. The highest BCUT2D eigenvalue weighted by molar-refractivity contribution is 6.31. The monoisotopic (exact) mass is 668 g/mol. The van der Waals surface area contributed by atoms with E-state index < -0.39 is 36.9 Å². The van der Waals surface area contributed by atoms with Gasteiger partial charge in [-0.1, -0.05) is 49.6 Å². The molecule has 5 atom stereocenters. The Balaban J connectivity index is 1.89. The second-order valence-electron chi connectivity index (χ2n) is 11.1. The molecule has 1 aromatic carbocycles. The number of anilines is 2. The van der Waals surface area contributed by atoms with Gasteiger partial charge in [0.1, 0.15) is 30.7 Å².